The van der Waals surface area contributed by atoms with E-state index < -0.39 is 0 Å². The molecule has 6 heteroatoms. The summed E-state index contributed by atoms with van der Waals surface area (Å²) in [5.41, 5.74) is 0.656. The minimum atomic E-state index is -0.300. The third-order valence-corrected chi connectivity index (χ3v) is 2.89. The fourth-order valence-electron chi connectivity index (χ4n) is 2.01. The Morgan fingerprint density at radius 1 is 1.19 bits per heavy atom. The maximum atomic E-state index is 12.0. The third kappa shape index (κ3) is 1.16. The van der Waals surface area contributed by atoms with E-state index in [2.05, 4.69) is 0 Å². The summed E-state index contributed by atoms with van der Waals surface area (Å²) in [6.07, 6.45) is 1.82. The van der Waals surface area contributed by atoms with Gasteiger partial charge in [-0.1, -0.05) is 0 Å². The Morgan fingerprint density at radius 2 is 1.81 bits per heavy atom. The number of hydrogen-bond acceptors (Lipinski definition) is 2. The van der Waals surface area contributed by atoms with E-state index in [1.807, 2.05) is 17.8 Å². The lowest BCUT2D eigenvalue weighted by atomic mass is 10.5. The molecule has 6 nitrogen and oxygen atoms in total. The van der Waals surface area contributed by atoms with Gasteiger partial charge >= 0.3 is 11.2 Å². The number of imidazole rings is 1. The first-order valence-corrected chi connectivity index (χ1v) is 5.13. The highest BCUT2D eigenvalue weighted by molar-refractivity contribution is 5.66. The maximum absolute atomic E-state index is 12.0. The zero-order valence-electron chi connectivity index (χ0n) is 9.89. The Balaban J connectivity index is 3.17. The van der Waals surface area contributed by atoms with E-state index >= 15 is 0 Å². The van der Waals surface area contributed by atoms with E-state index in [-0.39, 0.29) is 11.2 Å². The molecule has 0 aromatic carbocycles. The average molecular weight is 223 g/mol. The molecule has 0 fully saturated rings. The summed E-state index contributed by atoms with van der Waals surface area (Å²) >= 11 is 0. The summed E-state index contributed by atoms with van der Waals surface area (Å²) in [5.74, 6) is 0. The zero-order valence-corrected chi connectivity index (χ0v) is 9.89. The second kappa shape index (κ2) is 3.33. The minimum Gasteiger partial charge on any atom is -0.265 e. The van der Waals surface area contributed by atoms with Gasteiger partial charge in [-0.3, -0.25) is 9.36 Å². The number of aryl methyl sites for hydroxylation is 3. The van der Waals surface area contributed by atoms with Crippen molar-refractivity contribution in [3.8, 4) is 0 Å². The molecule has 0 bridgehead atoms. The predicted octanol–water partition coefficient (Wildman–Crippen LogP) is -1.12. The van der Waals surface area contributed by atoms with Crippen molar-refractivity contribution in [2.75, 3.05) is 0 Å². The van der Waals surface area contributed by atoms with Crippen LogP contribution in [0.3, 0.4) is 0 Å². The Bertz CT molecular complexity index is 675. The summed E-state index contributed by atoms with van der Waals surface area (Å²) in [4.78, 5) is 23.8. The summed E-state index contributed by atoms with van der Waals surface area (Å²) < 4.78 is 6.27. The lowest BCUT2D eigenvalue weighted by Gasteiger charge is -2.00. The maximum Gasteiger partial charge on any atom is 0.388 e. The number of hydrogen-bond donors (Lipinski definition) is 0. The molecule has 16 heavy (non-hydrogen) atoms. The number of aromatic nitrogens is 4. The highest BCUT2D eigenvalue weighted by Gasteiger charge is 2.21. The van der Waals surface area contributed by atoms with E-state index in [1.165, 1.54) is 11.6 Å². The summed E-state index contributed by atoms with van der Waals surface area (Å²) in [6, 6.07) is 0. The fraction of sp³-hybridized carbons (Fsp3) is 0.500. The van der Waals surface area contributed by atoms with E-state index in [1.54, 1.807) is 18.7 Å². The first kappa shape index (κ1) is 10.7. The molecule has 0 spiro atoms. The molecule has 0 saturated carbocycles. The molecular weight excluding hydrogens is 208 g/mol. The van der Waals surface area contributed by atoms with Gasteiger partial charge in [-0.05, 0) is 6.92 Å². The Hall–Kier alpha value is -1.85. The van der Waals surface area contributed by atoms with Crippen molar-refractivity contribution >= 4 is 11.2 Å². The molecule has 0 amide bonds. The summed E-state index contributed by atoms with van der Waals surface area (Å²) in [6.45, 7) is 2.69. The van der Waals surface area contributed by atoms with E-state index in [0.29, 0.717) is 11.2 Å². The van der Waals surface area contributed by atoms with Gasteiger partial charge < -0.3 is 0 Å². The van der Waals surface area contributed by atoms with Crippen LogP contribution in [0, 0.1) is 0 Å². The van der Waals surface area contributed by atoms with Crippen LogP contribution in [0.2, 0.25) is 0 Å². The normalized spacial score (nSPS) is 11.2. The lowest BCUT2D eigenvalue weighted by molar-refractivity contribution is -0.671. The van der Waals surface area contributed by atoms with Crippen LogP contribution in [0.25, 0.3) is 11.2 Å². The predicted molar refractivity (Wildman–Crippen MR) is 59.3 cm³/mol. The zero-order chi connectivity index (χ0) is 12.0. The summed E-state index contributed by atoms with van der Waals surface area (Å²) in [5, 5.41) is 0. The molecule has 0 saturated heterocycles. The Kier molecular flexibility index (Phi) is 2.22. The van der Waals surface area contributed by atoms with E-state index in [4.69, 9.17) is 0 Å². The highest BCUT2D eigenvalue weighted by atomic mass is 16.2. The third-order valence-electron chi connectivity index (χ3n) is 2.89. The van der Waals surface area contributed by atoms with Crippen molar-refractivity contribution in [2.24, 2.45) is 21.1 Å². The van der Waals surface area contributed by atoms with Crippen LogP contribution in [0.4, 0.5) is 0 Å². The summed E-state index contributed by atoms with van der Waals surface area (Å²) in [7, 11) is 4.98. The van der Waals surface area contributed by atoms with Gasteiger partial charge in [0, 0.05) is 7.05 Å². The van der Waals surface area contributed by atoms with Crippen molar-refractivity contribution in [1.82, 2.24) is 13.7 Å². The van der Waals surface area contributed by atoms with Crippen LogP contribution in [0.5, 0.6) is 0 Å². The van der Waals surface area contributed by atoms with Crippen molar-refractivity contribution in [2.45, 2.75) is 13.5 Å². The van der Waals surface area contributed by atoms with Gasteiger partial charge in [-0.2, -0.15) is 0 Å². The highest BCUT2D eigenvalue weighted by Crippen LogP contribution is 2.00. The number of nitrogens with zero attached hydrogens (tertiary/aromatic N) is 4. The molecule has 0 unspecified atom stereocenters. The molecule has 0 aliphatic rings. The first-order chi connectivity index (χ1) is 7.49. The molecule has 86 valence electrons. The fourth-order valence-corrected chi connectivity index (χ4v) is 2.01. The van der Waals surface area contributed by atoms with E-state index in [9.17, 15) is 9.59 Å². The molecule has 2 heterocycles. The molecule has 0 N–H and O–H groups in total. The second-order valence-corrected chi connectivity index (χ2v) is 3.89. The standard InChI is InChI=1S/C10H15N4O2/c1-5-14-6-11(2)7-8(14)12(3)10(16)13(4)9(7)15/h6H,5H2,1-4H3/q+1. The van der Waals surface area contributed by atoms with Crippen LogP contribution < -0.4 is 15.8 Å². The van der Waals surface area contributed by atoms with Crippen molar-refractivity contribution in [3.63, 3.8) is 0 Å². The quantitative estimate of drug-likeness (QED) is 0.575. The van der Waals surface area contributed by atoms with Crippen LogP contribution >= 0.6 is 0 Å². The first-order valence-electron chi connectivity index (χ1n) is 5.13. The van der Waals surface area contributed by atoms with Crippen LogP contribution in [0.1, 0.15) is 6.92 Å². The van der Waals surface area contributed by atoms with Gasteiger partial charge in [-0.25, -0.2) is 18.5 Å². The smallest absolute Gasteiger partial charge is 0.265 e. The largest absolute Gasteiger partial charge is 0.388 e. The number of fused-ring (bicyclic) bond motifs is 1. The molecule has 0 aliphatic carbocycles. The van der Waals surface area contributed by atoms with Crippen molar-refractivity contribution < 1.29 is 4.57 Å². The Morgan fingerprint density at radius 3 is 2.38 bits per heavy atom. The second-order valence-electron chi connectivity index (χ2n) is 3.89. The molecule has 0 atom stereocenters. The molecule has 2 aromatic rings. The topological polar surface area (TPSA) is 52.8 Å². The van der Waals surface area contributed by atoms with Crippen molar-refractivity contribution in [1.29, 1.82) is 0 Å². The Labute approximate surface area is 92.0 Å². The molecular formula is C10H15N4O2+. The van der Waals surface area contributed by atoms with Gasteiger partial charge in [0.25, 0.3) is 5.65 Å². The monoisotopic (exact) mass is 223 g/mol. The molecule has 2 aromatic heterocycles. The van der Waals surface area contributed by atoms with Gasteiger partial charge in [0.1, 0.15) is 0 Å². The molecule has 2 rings (SSSR count). The SMILES string of the molecule is CC[n+]1cn(C)c2c(=O)n(C)c(=O)n(C)c21. The van der Waals surface area contributed by atoms with Gasteiger partial charge in [0.05, 0.1) is 20.6 Å². The average Bonchev–Trinajstić information content (AvgIpc) is 2.60. The van der Waals surface area contributed by atoms with Crippen molar-refractivity contribution in [3.05, 3.63) is 27.2 Å². The van der Waals surface area contributed by atoms with Crippen LogP contribution in [-0.2, 0) is 27.7 Å². The van der Waals surface area contributed by atoms with Gasteiger partial charge in [-0.15, -0.1) is 0 Å². The van der Waals surface area contributed by atoms with Crippen LogP contribution in [-0.4, -0.2) is 13.7 Å². The van der Waals surface area contributed by atoms with Gasteiger partial charge in [0.2, 0.25) is 5.52 Å². The molecule has 0 aliphatic heterocycles. The molecule has 0 radical (unpaired) electrons. The van der Waals surface area contributed by atoms with Gasteiger partial charge in [0.15, 0.2) is 6.33 Å². The lowest BCUT2D eigenvalue weighted by Crippen LogP contribution is -2.42. The minimum absolute atomic E-state index is 0.257. The number of rotatable bonds is 1. The van der Waals surface area contributed by atoms with Crippen LogP contribution in [0.15, 0.2) is 15.9 Å². The van der Waals surface area contributed by atoms with E-state index in [0.717, 1.165) is 11.1 Å².